The van der Waals surface area contributed by atoms with Crippen molar-refractivity contribution in [2.45, 2.75) is 51.1 Å². The van der Waals surface area contributed by atoms with Gasteiger partial charge in [0.05, 0.1) is 6.04 Å². The number of fused-ring (bicyclic) bond motifs is 1. The molecule has 1 amide bonds. The standard InChI is InChI=1S/C31H39ClN6O/c1-21-16-27(32)12-11-25(21)18-29(33)30(39)38-15-14-37(20-28(38)8-5-13-36-31(34)35)19-22(2)24-10-9-23-6-3-4-7-26(23)17-24/h3,6,9-12,16-17,22,28-29H,5,8,13-15,18-20,33H2,1-2H3,(H4,34,35,36)/t22-,28-,29+/m0/s1. The number of carbonyl (C=O) groups is 1. The molecule has 1 aliphatic heterocycles. The molecule has 206 valence electrons. The van der Waals surface area contributed by atoms with E-state index in [0.717, 1.165) is 49.0 Å². The molecule has 0 bridgehead atoms. The molecule has 4 rings (SSSR count). The summed E-state index contributed by atoms with van der Waals surface area (Å²) >= 11 is 6.11. The van der Waals surface area contributed by atoms with Crippen LogP contribution in [-0.4, -0.2) is 66.5 Å². The summed E-state index contributed by atoms with van der Waals surface area (Å²) in [5, 5.41) is 2.94. The largest absolute Gasteiger partial charge is 0.370 e. The topological polar surface area (TPSA) is 114 Å². The van der Waals surface area contributed by atoms with Crippen LogP contribution < -0.4 is 17.2 Å². The maximum atomic E-state index is 13.6. The van der Waals surface area contributed by atoms with Gasteiger partial charge in [-0.15, -0.1) is 0 Å². The molecule has 0 saturated carbocycles. The smallest absolute Gasteiger partial charge is 0.240 e. The van der Waals surface area contributed by atoms with Crippen LogP contribution in [0.2, 0.25) is 5.02 Å². The van der Waals surface area contributed by atoms with Gasteiger partial charge < -0.3 is 22.1 Å². The van der Waals surface area contributed by atoms with E-state index in [1.807, 2.05) is 36.1 Å². The van der Waals surface area contributed by atoms with E-state index in [-0.39, 0.29) is 17.9 Å². The van der Waals surface area contributed by atoms with Crippen molar-refractivity contribution in [3.8, 4) is 0 Å². The molecule has 1 heterocycles. The number of hydrogen-bond donors (Lipinski definition) is 3. The quantitative estimate of drug-likeness (QED) is 0.204. The summed E-state index contributed by atoms with van der Waals surface area (Å²) in [6.07, 6.45) is 2.08. The number of guanidine groups is 1. The van der Waals surface area contributed by atoms with Gasteiger partial charge in [0.2, 0.25) is 5.91 Å². The van der Waals surface area contributed by atoms with E-state index < -0.39 is 6.04 Å². The molecule has 0 aliphatic carbocycles. The van der Waals surface area contributed by atoms with Crippen LogP contribution in [0.3, 0.4) is 0 Å². The van der Waals surface area contributed by atoms with Gasteiger partial charge in [0.25, 0.3) is 0 Å². The zero-order chi connectivity index (χ0) is 27.9. The Bertz CT molecular complexity index is 1310. The summed E-state index contributed by atoms with van der Waals surface area (Å²) in [5.74, 6) is 0.417. The van der Waals surface area contributed by atoms with Crippen molar-refractivity contribution in [2.24, 2.45) is 22.2 Å². The van der Waals surface area contributed by atoms with Crippen LogP contribution in [0.15, 0.2) is 53.5 Å². The monoisotopic (exact) mass is 546 g/mol. The van der Waals surface area contributed by atoms with Crippen LogP contribution in [0, 0.1) is 19.1 Å². The SMILES string of the molecule is Cc1cc(Cl)ccc1C[C@@H](N)C(=O)N1CCN(C[C@H](C)c2ccc3ccc#cc3c2)C[C@@H]1CCCN=C(N)N. The fourth-order valence-electron chi connectivity index (χ4n) is 5.46. The molecule has 3 aromatic rings. The zero-order valence-electron chi connectivity index (χ0n) is 22.9. The fraction of sp³-hybridized carbons (Fsp3) is 0.419. The minimum Gasteiger partial charge on any atom is -0.370 e. The summed E-state index contributed by atoms with van der Waals surface area (Å²) in [7, 11) is 0. The van der Waals surface area contributed by atoms with Gasteiger partial charge in [0, 0.05) is 49.2 Å². The Kier molecular flexibility index (Phi) is 9.68. The Morgan fingerprint density at radius 1 is 1.18 bits per heavy atom. The lowest BCUT2D eigenvalue weighted by atomic mass is 9.96. The van der Waals surface area contributed by atoms with Crippen LogP contribution in [0.1, 0.15) is 42.4 Å². The molecule has 7 nitrogen and oxygen atoms in total. The molecule has 0 spiro atoms. The Morgan fingerprint density at radius 2 is 2.00 bits per heavy atom. The number of piperazine rings is 1. The van der Waals surface area contributed by atoms with Crippen molar-refractivity contribution in [3.63, 3.8) is 0 Å². The molecule has 39 heavy (non-hydrogen) atoms. The predicted molar refractivity (Wildman–Crippen MR) is 160 cm³/mol. The minimum absolute atomic E-state index is 0.00907. The summed E-state index contributed by atoms with van der Waals surface area (Å²) < 4.78 is 0. The second-order valence-electron chi connectivity index (χ2n) is 10.6. The second-order valence-corrected chi connectivity index (χ2v) is 11.1. The van der Waals surface area contributed by atoms with E-state index in [1.165, 1.54) is 10.9 Å². The summed E-state index contributed by atoms with van der Waals surface area (Å²) in [6.45, 7) is 7.94. The molecule has 1 aliphatic rings. The highest BCUT2D eigenvalue weighted by Gasteiger charge is 2.33. The van der Waals surface area contributed by atoms with Gasteiger partial charge in [-0.2, -0.15) is 0 Å². The maximum absolute atomic E-state index is 13.6. The molecule has 0 aromatic heterocycles. The summed E-state index contributed by atoms with van der Waals surface area (Å²) in [5.41, 5.74) is 20.9. The van der Waals surface area contributed by atoms with Gasteiger partial charge in [-0.3, -0.25) is 14.7 Å². The number of aliphatic imine (C=N–C) groups is 1. The molecule has 1 saturated heterocycles. The highest BCUT2D eigenvalue weighted by atomic mass is 35.5. The van der Waals surface area contributed by atoms with Gasteiger partial charge >= 0.3 is 0 Å². The number of nitrogens with zero attached hydrogens (tertiary/aromatic N) is 3. The number of halogens is 1. The van der Waals surface area contributed by atoms with Crippen molar-refractivity contribution >= 4 is 34.2 Å². The molecule has 8 heteroatoms. The molecule has 0 radical (unpaired) electrons. The lowest BCUT2D eigenvalue weighted by Gasteiger charge is -2.43. The third-order valence-corrected chi connectivity index (χ3v) is 7.87. The van der Waals surface area contributed by atoms with Gasteiger partial charge in [0.15, 0.2) is 5.96 Å². The van der Waals surface area contributed by atoms with E-state index in [2.05, 4.69) is 53.2 Å². The van der Waals surface area contributed by atoms with Crippen LogP contribution >= 0.6 is 11.6 Å². The van der Waals surface area contributed by atoms with E-state index in [1.54, 1.807) is 0 Å². The zero-order valence-corrected chi connectivity index (χ0v) is 23.6. The molecule has 3 atom stereocenters. The molecule has 6 N–H and O–H groups in total. The van der Waals surface area contributed by atoms with Gasteiger partial charge in [0.1, 0.15) is 0 Å². The van der Waals surface area contributed by atoms with E-state index in [0.29, 0.717) is 30.5 Å². The molecule has 1 fully saturated rings. The average Bonchev–Trinajstić information content (AvgIpc) is 2.92. The van der Waals surface area contributed by atoms with Crippen molar-refractivity contribution in [3.05, 3.63) is 82.4 Å². The van der Waals surface area contributed by atoms with Crippen molar-refractivity contribution in [1.82, 2.24) is 9.80 Å². The van der Waals surface area contributed by atoms with Crippen molar-refractivity contribution in [1.29, 1.82) is 0 Å². The first-order chi connectivity index (χ1) is 18.7. The van der Waals surface area contributed by atoms with E-state index >= 15 is 0 Å². The van der Waals surface area contributed by atoms with Crippen LogP contribution in [0.25, 0.3) is 10.8 Å². The number of rotatable bonds is 10. The summed E-state index contributed by atoms with van der Waals surface area (Å²) in [6, 6.07) is 21.9. The molecular weight excluding hydrogens is 508 g/mol. The third-order valence-electron chi connectivity index (χ3n) is 7.63. The third kappa shape index (κ3) is 7.63. The normalized spacial score (nSPS) is 17.4. The number of amides is 1. The molecular formula is C31H39ClN6O. The number of aryl methyl sites for hydroxylation is 1. The lowest BCUT2D eigenvalue weighted by molar-refractivity contribution is -0.137. The Hall–Kier alpha value is -3.31. The number of nitrogens with two attached hydrogens (primary N) is 3. The molecule has 3 aromatic carbocycles. The van der Waals surface area contributed by atoms with Crippen molar-refractivity contribution < 1.29 is 4.79 Å². The Morgan fingerprint density at radius 3 is 2.77 bits per heavy atom. The highest BCUT2D eigenvalue weighted by molar-refractivity contribution is 6.30. The Labute approximate surface area is 237 Å². The average molecular weight is 547 g/mol. The Balaban J connectivity index is 1.43. The van der Waals surface area contributed by atoms with Crippen LogP contribution in [-0.2, 0) is 11.2 Å². The van der Waals surface area contributed by atoms with Gasteiger partial charge in [-0.25, -0.2) is 0 Å². The van der Waals surface area contributed by atoms with Gasteiger partial charge in [-0.1, -0.05) is 48.9 Å². The van der Waals surface area contributed by atoms with E-state index in [4.69, 9.17) is 28.8 Å². The first-order valence-corrected chi connectivity index (χ1v) is 14.0. The number of hydrogen-bond acceptors (Lipinski definition) is 4. The highest BCUT2D eigenvalue weighted by Crippen LogP contribution is 2.24. The maximum Gasteiger partial charge on any atom is 0.240 e. The summed E-state index contributed by atoms with van der Waals surface area (Å²) in [4.78, 5) is 22.2. The molecule has 0 unspecified atom stereocenters. The number of benzene rings is 2. The minimum atomic E-state index is -0.610. The van der Waals surface area contributed by atoms with E-state index in [9.17, 15) is 4.79 Å². The first-order valence-electron chi connectivity index (χ1n) is 13.6. The first kappa shape index (κ1) is 28.7. The van der Waals surface area contributed by atoms with Crippen LogP contribution in [0.4, 0.5) is 0 Å². The van der Waals surface area contributed by atoms with Crippen LogP contribution in [0.5, 0.6) is 0 Å². The second kappa shape index (κ2) is 13.2. The predicted octanol–water partition coefficient (Wildman–Crippen LogP) is 3.64. The van der Waals surface area contributed by atoms with Gasteiger partial charge in [-0.05, 0) is 84.5 Å². The lowest BCUT2D eigenvalue weighted by Crippen LogP contribution is -2.59. The number of carbonyl (C=O) groups excluding carboxylic acids is 1. The fourth-order valence-corrected chi connectivity index (χ4v) is 5.69. The van der Waals surface area contributed by atoms with Crippen molar-refractivity contribution in [2.75, 3.05) is 32.7 Å².